The molecule has 2 unspecified atom stereocenters. The van der Waals surface area contributed by atoms with Crippen LogP contribution in [0.2, 0.25) is 0 Å². The van der Waals surface area contributed by atoms with E-state index in [0.717, 1.165) is 55.0 Å². The van der Waals surface area contributed by atoms with Crippen molar-refractivity contribution in [2.45, 2.75) is 34.6 Å². The van der Waals surface area contributed by atoms with Crippen molar-refractivity contribution in [2.24, 2.45) is 0 Å². The predicted octanol–water partition coefficient (Wildman–Crippen LogP) is 5.22. The van der Waals surface area contributed by atoms with Crippen LogP contribution < -0.4 is 26.1 Å². The molecule has 6 heteroatoms. The number of hydrogen-bond donors (Lipinski definition) is 0. The van der Waals surface area contributed by atoms with Crippen LogP contribution >= 0.6 is 14.4 Å². The van der Waals surface area contributed by atoms with Crippen molar-refractivity contribution in [3.05, 3.63) is 65.2 Å². The van der Waals surface area contributed by atoms with Crippen molar-refractivity contribution < 1.29 is 9.13 Å². The Morgan fingerprint density at radius 1 is 0.719 bits per heavy atom. The van der Waals surface area contributed by atoms with Gasteiger partial charge in [-0.2, -0.15) is 0 Å². The highest BCUT2D eigenvalue weighted by Crippen LogP contribution is 2.61. The van der Waals surface area contributed by atoms with Gasteiger partial charge in [0.25, 0.3) is 0 Å². The average molecular weight is 464 g/mol. The summed E-state index contributed by atoms with van der Waals surface area (Å²) < 4.78 is 31.6. The molecular formula is C26H30N2O2P2. The van der Waals surface area contributed by atoms with E-state index in [4.69, 9.17) is 0 Å². The molecule has 3 aromatic rings. The molecular weight excluding hydrogens is 434 g/mol. The fraction of sp³-hybridized carbons (Fsp3) is 0.308. The SMILES string of the molecule is CCN(CC)P1(=O)c2cc(C)ccc2N2c3ccc(C)cc3P(C)(=O)c3cc(C)cc1c32. The Bertz CT molecular complexity index is 1370. The van der Waals surface area contributed by atoms with E-state index in [0.29, 0.717) is 13.1 Å². The summed E-state index contributed by atoms with van der Waals surface area (Å²) >= 11 is 0. The lowest BCUT2D eigenvalue weighted by Crippen LogP contribution is -2.46. The third-order valence-corrected chi connectivity index (χ3v) is 12.8. The number of fused-ring (bicyclic) bond motifs is 4. The molecule has 0 saturated heterocycles. The Hall–Kier alpha value is -2.12. The van der Waals surface area contributed by atoms with E-state index >= 15 is 4.57 Å². The van der Waals surface area contributed by atoms with E-state index in [1.807, 2.05) is 26.6 Å². The van der Waals surface area contributed by atoms with Crippen LogP contribution in [-0.2, 0) is 9.13 Å². The molecule has 4 nitrogen and oxygen atoms in total. The van der Waals surface area contributed by atoms with Gasteiger partial charge in [0.1, 0.15) is 7.14 Å². The van der Waals surface area contributed by atoms with Gasteiger partial charge in [0.15, 0.2) is 0 Å². The predicted molar refractivity (Wildman–Crippen MR) is 138 cm³/mol. The average Bonchev–Trinajstić information content (AvgIpc) is 2.75. The van der Waals surface area contributed by atoms with E-state index in [-0.39, 0.29) is 0 Å². The molecule has 2 aliphatic heterocycles. The van der Waals surface area contributed by atoms with Gasteiger partial charge in [-0.05, 0) is 69.4 Å². The largest absolute Gasteiger partial charge is 0.314 e. The Kier molecular flexibility index (Phi) is 4.88. The van der Waals surface area contributed by atoms with Crippen molar-refractivity contribution >= 4 is 52.7 Å². The van der Waals surface area contributed by atoms with Crippen molar-refractivity contribution in [2.75, 3.05) is 24.7 Å². The molecule has 0 fully saturated rings. The van der Waals surface area contributed by atoms with Crippen molar-refractivity contribution in [1.29, 1.82) is 0 Å². The molecule has 2 aliphatic rings. The van der Waals surface area contributed by atoms with Crippen LogP contribution in [0.4, 0.5) is 17.1 Å². The van der Waals surface area contributed by atoms with Gasteiger partial charge in [-0.25, -0.2) is 4.67 Å². The molecule has 0 amide bonds. The number of aryl methyl sites for hydroxylation is 3. The minimum Gasteiger partial charge on any atom is -0.314 e. The number of hydrogen-bond acceptors (Lipinski definition) is 3. The lowest BCUT2D eigenvalue weighted by Gasteiger charge is -2.46. The first-order valence-electron chi connectivity index (χ1n) is 11.3. The molecule has 0 N–H and O–H groups in total. The summed E-state index contributed by atoms with van der Waals surface area (Å²) in [5.41, 5.74) is 5.93. The maximum absolute atomic E-state index is 15.2. The molecule has 0 radical (unpaired) electrons. The highest BCUT2D eigenvalue weighted by Gasteiger charge is 2.49. The number of anilines is 3. The maximum Gasteiger partial charge on any atom is 0.211 e. The molecule has 0 saturated carbocycles. The minimum absolute atomic E-state index is 0.684. The highest BCUT2D eigenvalue weighted by molar-refractivity contribution is 7.80. The number of rotatable bonds is 3. The van der Waals surface area contributed by atoms with E-state index in [1.54, 1.807) is 0 Å². The van der Waals surface area contributed by atoms with Gasteiger partial charge in [-0.1, -0.05) is 37.1 Å². The Labute approximate surface area is 191 Å². The Morgan fingerprint density at radius 3 is 1.81 bits per heavy atom. The maximum atomic E-state index is 15.2. The molecule has 0 aliphatic carbocycles. The second-order valence-electron chi connectivity index (χ2n) is 9.11. The minimum atomic E-state index is -3.11. The Morgan fingerprint density at radius 2 is 1.22 bits per heavy atom. The third-order valence-electron chi connectivity index (χ3n) is 6.88. The lowest BCUT2D eigenvalue weighted by molar-refractivity contribution is 0.458. The zero-order valence-corrected chi connectivity index (χ0v) is 21.4. The van der Waals surface area contributed by atoms with Crippen LogP contribution in [0.3, 0.4) is 0 Å². The standard InChI is InChI=1S/C26H30N2O2P2/c1-7-27(8-2)32(30)23-14-18(4)10-12-21(23)28-20-11-9-17(3)13-22(20)31(6,29)24-15-19(5)16-25(32)26(24)28/h9-16H,7-8H2,1-6H3. The van der Waals surface area contributed by atoms with Gasteiger partial charge in [0.05, 0.1) is 27.7 Å². The second-order valence-corrected chi connectivity index (χ2v) is 14.6. The van der Waals surface area contributed by atoms with Crippen molar-refractivity contribution in [1.82, 2.24) is 4.67 Å². The van der Waals surface area contributed by atoms with Crippen LogP contribution in [0.25, 0.3) is 0 Å². The van der Waals surface area contributed by atoms with E-state index in [1.165, 1.54) is 0 Å². The summed E-state index contributed by atoms with van der Waals surface area (Å²) in [7, 11) is -5.98. The summed E-state index contributed by atoms with van der Waals surface area (Å²) in [6, 6.07) is 16.6. The topological polar surface area (TPSA) is 40.6 Å². The third kappa shape index (κ3) is 2.73. The van der Waals surface area contributed by atoms with E-state index < -0.39 is 14.4 Å². The summed E-state index contributed by atoms with van der Waals surface area (Å²) in [6.07, 6.45) is 0. The second kappa shape index (κ2) is 7.19. The number of benzene rings is 3. The molecule has 32 heavy (non-hydrogen) atoms. The summed E-state index contributed by atoms with van der Waals surface area (Å²) in [5, 5.41) is 3.41. The summed E-state index contributed by atoms with van der Waals surface area (Å²) in [5.74, 6) is 0. The van der Waals surface area contributed by atoms with Gasteiger partial charge in [-0.3, -0.25) is 4.57 Å². The molecule has 0 spiro atoms. The first kappa shape index (κ1) is 21.7. The van der Waals surface area contributed by atoms with E-state index in [2.05, 4.69) is 72.8 Å². The monoisotopic (exact) mass is 464 g/mol. The zero-order valence-electron chi connectivity index (χ0n) is 19.6. The Balaban J connectivity index is 1.99. The van der Waals surface area contributed by atoms with Crippen LogP contribution in [0.5, 0.6) is 0 Å². The fourth-order valence-corrected chi connectivity index (χ4v) is 11.2. The van der Waals surface area contributed by atoms with Gasteiger partial charge >= 0.3 is 0 Å². The van der Waals surface area contributed by atoms with Gasteiger partial charge < -0.3 is 9.46 Å². The normalized spacial score (nSPS) is 23.0. The summed E-state index contributed by atoms with van der Waals surface area (Å²) in [4.78, 5) is 2.22. The van der Waals surface area contributed by atoms with Gasteiger partial charge in [-0.15, -0.1) is 0 Å². The molecule has 2 heterocycles. The molecule has 166 valence electrons. The summed E-state index contributed by atoms with van der Waals surface area (Å²) in [6.45, 7) is 13.5. The smallest absolute Gasteiger partial charge is 0.211 e. The van der Waals surface area contributed by atoms with Crippen molar-refractivity contribution in [3.63, 3.8) is 0 Å². The fourth-order valence-electron chi connectivity index (χ4n) is 5.31. The number of nitrogens with zero attached hydrogens (tertiary/aromatic N) is 2. The lowest BCUT2D eigenvalue weighted by atomic mass is 10.1. The molecule has 5 rings (SSSR count). The highest BCUT2D eigenvalue weighted by atomic mass is 31.2. The van der Waals surface area contributed by atoms with Gasteiger partial charge in [0.2, 0.25) is 7.29 Å². The molecule has 0 aromatic heterocycles. The van der Waals surface area contributed by atoms with E-state index in [9.17, 15) is 4.57 Å². The molecule has 0 bridgehead atoms. The van der Waals surface area contributed by atoms with Crippen LogP contribution in [-0.4, -0.2) is 24.4 Å². The van der Waals surface area contributed by atoms with Crippen LogP contribution in [0.1, 0.15) is 30.5 Å². The van der Waals surface area contributed by atoms with Gasteiger partial charge in [0, 0.05) is 23.7 Å². The molecule has 2 atom stereocenters. The first-order valence-corrected chi connectivity index (χ1v) is 15.1. The molecule has 3 aromatic carbocycles. The van der Waals surface area contributed by atoms with Crippen LogP contribution in [0.15, 0.2) is 48.5 Å². The quantitative estimate of drug-likeness (QED) is 0.498. The van der Waals surface area contributed by atoms with Crippen molar-refractivity contribution in [3.8, 4) is 0 Å². The van der Waals surface area contributed by atoms with Crippen LogP contribution in [0, 0.1) is 20.8 Å². The first-order chi connectivity index (χ1) is 15.1. The zero-order chi connectivity index (χ0) is 23.0.